The third kappa shape index (κ3) is 3.84. The van der Waals surface area contributed by atoms with Crippen molar-refractivity contribution in [2.24, 2.45) is 7.05 Å². The van der Waals surface area contributed by atoms with Crippen LogP contribution in [-0.2, 0) is 12.5 Å². The molecule has 0 amide bonds. The summed E-state index contributed by atoms with van der Waals surface area (Å²) in [5.74, 6) is 1.20. The van der Waals surface area contributed by atoms with Gasteiger partial charge in [-0.1, -0.05) is 87.0 Å². The van der Waals surface area contributed by atoms with Gasteiger partial charge in [0.25, 0.3) is 5.82 Å². The van der Waals surface area contributed by atoms with Crippen LogP contribution in [0.1, 0.15) is 37.5 Å². The quantitative estimate of drug-likeness (QED) is 0.252. The first-order valence-electron chi connectivity index (χ1n) is 12.0. The number of hydrogen-bond donors (Lipinski definition) is 0. The van der Waals surface area contributed by atoms with Crippen LogP contribution in [0.3, 0.4) is 0 Å². The molecule has 0 aliphatic carbocycles. The van der Waals surface area contributed by atoms with Gasteiger partial charge in [-0.25, -0.2) is 4.57 Å². The van der Waals surface area contributed by atoms with Crippen molar-refractivity contribution in [1.82, 2.24) is 4.57 Å². The van der Waals surface area contributed by atoms with E-state index in [1.807, 2.05) is 0 Å². The van der Waals surface area contributed by atoms with Gasteiger partial charge in [-0.2, -0.15) is 4.57 Å². The highest BCUT2D eigenvalue weighted by Gasteiger charge is 2.28. The Labute approximate surface area is 203 Å². The smallest absolute Gasteiger partial charge is 0.225 e. The van der Waals surface area contributed by atoms with Crippen LogP contribution in [0.4, 0.5) is 0 Å². The van der Waals surface area contributed by atoms with Gasteiger partial charge < -0.3 is 0 Å². The molecule has 0 atom stereocenters. The maximum absolute atomic E-state index is 2.42. The lowest BCUT2D eigenvalue weighted by Gasteiger charge is -2.18. The Bertz CT molecular complexity index is 1480. The third-order valence-corrected chi connectivity index (χ3v) is 6.84. The van der Waals surface area contributed by atoms with Gasteiger partial charge in [0.2, 0.25) is 0 Å². The topological polar surface area (TPSA) is 8.81 Å². The predicted molar refractivity (Wildman–Crippen MR) is 143 cm³/mol. The average molecular weight is 446 g/mol. The van der Waals surface area contributed by atoms with E-state index >= 15 is 0 Å². The maximum Gasteiger partial charge on any atom is 0.295 e. The summed E-state index contributed by atoms with van der Waals surface area (Å²) in [5.41, 5.74) is 11.4. The molecular weight excluding hydrogens is 412 g/mol. The van der Waals surface area contributed by atoms with Crippen molar-refractivity contribution in [3.8, 4) is 28.2 Å². The number of imidazole rings is 1. The molecule has 5 rings (SSSR count). The van der Waals surface area contributed by atoms with E-state index in [0.717, 1.165) is 0 Å². The van der Waals surface area contributed by atoms with E-state index in [4.69, 9.17) is 0 Å². The zero-order valence-electron chi connectivity index (χ0n) is 21.1. The molecule has 4 aromatic carbocycles. The highest BCUT2D eigenvalue weighted by atomic mass is 15.2. The Morgan fingerprint density at radius 3 is 2.06 bits per heavy atom. The van der Waals surface area contributed by atoms with Gasteiger partial charge in [0.1, 0.15) is 5.69 Å². The van der Waals surface area contributed by atoms with E-state index in [9.17, 15) is 0 Å². The molecule has 0 spiro atoms. The van der Waals surface area contributed by atoms with Gasteiger partial charge in [0, 0.05) is 0 Å². The molecule has 0 saturated carbocycles. The molecule has 170 valence electrons. The summed E-state index contributed by atoms with van der Waals surface area (Å²) in [6.07, 6.45) is 0. The summed E-state index contributed by atoms with van der Waals surface area (Å²) >= 11 is 0. The molecule has 0 saturated heterocycles. The summed E-state index contributed by atoms with van der Waals surface area (Å²) in [5, 5.41) is 0. The SMILES string of the molecule is Cc1ccc(C)c(-c2n(-c3ccc(-c4ccccc4)cc3)c3ccc(C(C)(C)C)cc3[n+]2C)c1. The van der Waals surface area contributed by atoms with Crippen molar-refractivity contribution in [3.63, 3.8) is 0 Å². The van der Waals surface area contributed by atoms with E-state index < -0.39 is 0 Å². The molecule has 1 heterocycles. The van der Waals surface area contributed by atoms with Gasteiger partial charge in [-0.15, -0.1) is 0 Å². The first kappa shape index (κ1) is 22.2. The van der Waals surface area contributed by atoms with Crippen molar-refractivity contribution in [2.75, 3.05) is 0 Å². The lowest BCUT2D eigenvalue weighted by Crippen LogP contribution is -2.30. The van der Waals surface area contributed by atoms with Crippen LogP contribution in [0, 0.1) is 13.8 Å². The Morgan fingerprint density at radius 2 is 1.38 bits per heavy atom. The average Bonchev–Trinajstić information content (AvgIpc) is 3.12. The highest BCUT2D eigenvalue weighted by Crippen LogP contribution is 2.33. The minimum absolute atomic E-state index is 0.0973. The summed E-state index contributed by atoms with van der Waals surface area (Å²) in [6.45, 7) is 11.2. The van der Waals surface area contributed by atoms with Gasteiger partial charge in [0.15, 0.2) is 11.0 Å². The van der Waals surface area contributed by atoms with E-state index in [0.29, 0.717) is 0 Å². The number of aromatic nitrogens is 2. The number of aryl methyl sites for hydroxylation is 3. The minimum atomic E-state index is 0.0973. The lowest BCUT2D eigenvalue weighted by molar-refractivity contribution is -0.633. The molecule has 0 radical (unpaired) electrons. The Balaban J connectivity index is 1.78. The fraction of sp³-hybridized carbons (Fsp3) is 0.219. The molecule has 0 bridgehead atoms. The van der Waals surface area contributed by atoms with Crippen molar-refractivity contribution < 1.29 is 4.57 Å². The zero-order valence-corrected chi connectivity index (χ0v) is 21.1. The van der Waals surface area contributed by atoms with E-state index in [-0.39, 0.29) is 5.41 Å². The van der Waals surface area contributed by atoms with Crippen LogP contribution in [0.5, 0.6) is 0 Å². The fourth-order valence-electron chi connectivity index (χ4n) is 4.80. The standard InChI is InChI=1S/C32H33N2/c1-22-12-13-23(2)28(20-22)31-33(6)30-21-26(32(3,4)5)16-19-29(30)34(31)27-17-14-25(15-18-27)24-10-8-7-9-11-24/h7-21H,1-6H3/q+1. The summed E-state index contributed by atoms with van der Waals surface area (Å²) in [7, 11) is 2.20. The Kier molecular flexibility index (Phi) is 5.40. The Hall–Kier alpha value is -3.65. The van der Waals surface area contributed by atoms with Crippen LogP contribution >= 0.6 is 0 Å². The molecule has 0 aliphatic heterocycles. The van der Waals surface area contributed by atoms with Gasteiger partial charge in [0.05, 0.1) is 12.6 Å². The summed E-state index contributed by atoms with van der Waals surface area (Å²) < 4.78 is 4.77. The molecule has 2 nitrogen and oxygen atoms in total. The number of rotatable bonds is 3. The first-order chi connectivity index (χ1) is 16.2. The predicted octanol–water partition coefficient (Wildman–Crippen LogP) is 7.70. The van der Waals surface area contributed by atoms with E-state index in [1.165, 1.54) is 55.9 Å². The van der Waals surface area contributed by atoms with Crippen LogP contribution in [0.25, 0.3) is 39.2 Å². The van der Waals surface area contributed by atoms with Gasteiger partial charge >= 0.3 is 0 Å². The monoisotopic (exact) mass is 445 g/mol. The van der Waals surface area contributed by atoms with E-state index in [2.05, 4.69) is 142 Å². The molecule has 1 aromatic heterocycles. The number of hydrogen-bond acceptors (Lipinski definition) is 0. The first-order valence-corrected chi connectivity index (χ1v) is 12.0. The van der Waals surface area contributed by atoms with Crippen LogP contribution in [0.15, 0.2) is 91.0 Å². The summed E-state index contributed by atoms with van der Waals surface area (Å²) in [6, 6.07) is 33.2. The van der Waals surface area contributed by atoms with Crippen molar-refractivity contribution >= 4 is 11.0 Å². The van der Waals surface area contributed by atoms with Crippen LogP contribution in [0.2, 0.25) is 0 Å². The largest absolute Gasteiger partial charge is 0.295 e. The number of fused-ring (bicyclic) bond motifs is 1. The number of nitrogens with zero attached hydrogens (tertiary/aromatic N) is 2. The molecular formula is C32H33N2+. The van der Waals surface area contributed by atoms with Gasteiger partial charge in [-0.05, 0) is 71.8 Å². The maximum atomic E-state index is 2.42. The molecule has 0 aliphatic rings. The molecule has 34 heavy (non-hydrogen) atoms. The normalized spacial score (nSPS) is 11.8. The van der Waals surface area contributed by atoms with Crippen molar-refractivity contribution in [3.05, 3.63) is 108 Å². The lowest BCUT2D eigenvalue weighted by atomic mass is 9.87. The second kappa shape index (κ2) is 8.29. The summed E-state index contributed by atoms with van der Waals surface area (Å²) in [4.78, 5) is 0. The third-order valence-electron chi connectivity index (χ3n) is 6.84. The molecule has 5 aromatic rings. The van der Waals surface area contributed by atoms with Gasteiger partial charge in [-0.3, -0.25) is 0 Å². The molecule has 0 unspecified atom stereocenters. The van der Waals surface area contributed by atoms with Crippen molar-refractivity contribution in [2.45, 2.75) is 40.0 Å². The number of benzene rings is 4. The van der Waals surface area contributed by atoms with Crippen molar-refractivity contribution in [1.29, 1.82) is 0 Å². The fourth-order valence-corrected chi connectivity index (χ4v) is 4.80. The van der Waals surface area contributed by atoms with E-state index in [1.54, 1.807) is 0 Å². The molecule has 0 N–H and O–H groups in total. The Morgan fingerprint density at radius 1 is 0.706 bits per heavy atom. The second-order valence-electron chi connectivity index (χ2n) is 10.4. The molecule has 0 fully saturated rings. The van der Waals surface area contributed by atoms with Crippen LogP contribution in [-0.4, -0.2) is 4.57 Å². The highest BCUT2D eigenvalue weighted by molar-refractivity contribution is 5.81. The second-order valence-corrected chi connectivity index (χ2v) is 10.4. The minimum Gasteiger partial charge on any atom is -0.225 e. The zero-order chi connectivity index (χ0) is 24.0. The van der Waals surface area contributed by atoms with Crippen LogP contribution < -0.4 is 4.57 Å². The molecule has 2 heteroatoms.